The van der Waals surface area contributed by atoms with E-state index in [1.807, 2.05) is 11.9 Å². The lowest BCUT2D eigenvalue weighted by molar-refractivity contribution is -0.129. The highest BCUT2D eigenvalue weighted by molar-refractivity contribution is 5.73. The van der Waals surface area contributed by atoms with Gasteiger partial charge in [0.2, 0.25) is 5.91 Å². The summed E-state index contributed by atoms with van der Waals surface area (Å²) in [5, 5.41) is 0. The zero-order chi connectivity index (χ0) is 14.0. The average Bonchev–Trinajstić information content (AvgIpc) is 2.95. The van der Waals surface area contributed by atoms with Crippen LogP contribution in [-0.4, -0.2) is 61.1 Å². The van der Waals surface area contributed by atoms with E-state index < -0.39 is 0 Å². The number of likely N-dealkylation sites (N-methyl/N-ethyl adjacent to an activating group) is 1. The van der Waals surface area contributed by atoms with E-state index in [1.165, 1.54) is 12.8 Å². The van der Waals surface area contributed by atoms with Gasteiger partial charge in [-0.15, -0.1) is 0 Å². The summed E-state index contributed by atoms with van der Waals surface area (Å²) < 4.78 is 5.80. The monoisotopic (exact) mass is 268 g/mol. The second-order valence-corrected chi connectivity index (χ2v) is 6.67. The van der Waals surface area contributed by atoms with Crippen molar-refractivity contribution in [1.29, 1.82) is 0 Å². The van der Waals surface area contributed by atoms with Crippen molar-refractivity contribution in [3.63, 3.8) is 0 Å². The first-order valence-corrected chi connectivity index (χ1v) is 7.49. The molecule has 0 bridgehead atoms. The lowest BCUT2D eigenvalue weighted by atomic mass is 10.1. The summed E-state index contributed by atoms with van der Waals surface area (Å²) in [6.45, 7) is 10.0. The minimum atomic E-state index is 0.177. The predicted octanol–water partition coefficient (Wildman–Crippen LogP) is 1.74. The minimum absolute atomic E-state index is 0.177. The van der Waals surface area contributed by atoms with Crippen LogP contribution in [0, 0.1) is 5.41 Å². The van der Waals surface area contributed by atoms with E-state index in [1.54, 1.807) is 6.92 Å². The van der Waals surface area contributed by atoms with Crippen LogP contribution in [0.15, 0.2) is 0 Å². The van der Waals surface area contributed by atoms with Gasteiger partial charge in [-0.3, -0.25) is 4.79 Å². The molecule has 4 nitrogen and oxygen atoms in total. The fraction of sp³-hybridized carbons (Fsp3) is 0.933. The number of nitrogens with zero attached hydrogens (tertiary/aromatic N) is 2. The summed E-state index contributed by atoms with van der Waals surface area (Å²) in [5.41, 5.74) is 0.411. The van der Waals surface area contributed by atoms with Crippen molar-refractivity contribution in [2.75, 3.05) is 33.3 Å². The Morgan fingerprint density at radius 1 is 1.47 bits per heavy atom. The lowest BCUT2D eigenvalue weighted by Crippen LogP contribution is -2.39. The van der Waals surface area contributed by atoms with Gasteiger partial charge in [0, 0.05) is 45.1 Å². The molecule has 2 rings (SSSR count). The minimum Gasteiger partial charge on any atom is -0.378 e. The van der Waals surface area contributed by atoms with Crippen LogP contribution < -0.4 is 0 Å². The molecule has 1 saturated heterocycles. The van der Waals surface area contributed by atoms with Gasteiger partial charge in [-0.2, -0.15) is 0 Å². The maximum Gasteiger partial charge on any atom is 0.219 e. The van der Waals surface area contributed by atoms with E-state index in [2.05, 4.69) is 18.7 Å². The molecule has 0 spiro atoms. The summed E-state index contributed by atoms with van der Waals surface area (Å²) in [4.78, 5) is 15.8. The first-order chi connectivity index (χ1) is 8.92. The molecule has 0 N–H and O–H groups in total. The fourth-order valence-electron chi connectivity index (χ4n) is 2.87. The first-order valence-electron chi connectivity index (χ1n) is 7.49. The number of rotatable bonds is 6. The number of carbonyl (C=O) groups excluding carboxylic acids is 1. The van der Waals surface area contributed by atoms with E-state index in [-0.39, 0.29) is 5.91 Å². The normalized spacial score (nSPS) is 25.8. The Hall–Kier alpha value is -0.610. The van der Waals surface area contributed by atoms with Gasteiger partial charge in [-0.1, -0.05) is 0 Å². The molecular weight excluding hydrogens is 240 g/mol. The molecule has 110 valence electrons. The third-order valence-corrected chi connectivity index (χ3v) is 4.53. The van der Waals surface area contributed by atoms with E-state index in [0.717, 1.165) is 32.7 Å². The molecule has 1 heterocycles. The van der Waals surface area contributed by atoms with Crippen molar-refractivity contribution >= 4 is 5.91 Å². The van der Waals surface area contributed by atoms with Crippen LogP contribution in [0.25, 0.3) is 0 Å². The third-order valence-electron chi connectivity index (χ3n) is 4.53. The van der Waals surface area contributed by atoms with Crippen LogP contribution in [0.4, 0.5) is 0 Å². The molecule has 4 heteroatoms. The summed E-state index contributed by atoms with van der Waals surface area (Å²) in [5.74, 6) is 0.177. The standard InChI is InChI=1S/C15H28N2O2/c1-12(2)19-11-15(6-7-15)10-17-8-5-14(9-17)16(4)13(3)18/h12,14H,5-11H2,1-4H3/t14-/m0/s1. The highest BCUT2D eigenvalue weighted by Crippen LogP contribution is 2.47. The Morgan fingerprint density at radius 3 is 2.68 bits per heavy atom. The molecule has 0 radical (unpaired) electrons. The molecule has 1 aliphatic carbocycles. The summed E-state index contributed by atoms with van der Waals surface area (Å²) in [6.07, 6.45) is 4.03. The Labute approximate surface area is 117 Å². The first kappa shape index (κ1) is 14.8. The van der Waals surface area contributed by atoms with Crippen LogP contribution >= 0.6 is 0 Å². The molecule has 2 aliphatic rings. The zero-order valence-electron chi connectivity index (χ0n) is 12.8. The number of likely N-dealkylation sites (tertiary alicyclic amines) is 1. The van der Waals surface area contributed by atoms with Gasteiger partial charge in [0.15, 0.2) is 0 Å². The molecule has 19 heavy (non-hydrogen) atoms. The molecule has 1 atom stereocenters. The maximum atomic E-state index is 11.4. The SMILES string of the molecule is CC(=O)N(C)[C@H]1CCN(CC2(COC(C)C)CC2)C1. The quantitative estimate of drug-likeness (QED) is 0.735. The van der Waals surface area contributed by atoms with Crippen molar-refractivity contribution in [2.24, 2.45) is 5.41 Å². The van der Waals surface area contributed by atoms with Crippen LogP contribution in [0.2, 0.25) is 0 Å². The molecule has 2 fully saturated rings. The average molecular weight is 268 g/mol. The van der Waals surface area contributed by atoms with Gasteiger partial charge in [0.05, 0.1) is 12.7 Å². The number of ether oxygens (including phenoxy) is 1. The number of carbonyl (C=O) groups is 1. The van der Waals surface area contributed by atoms with E-state index >= 15 is 0 Å². The number of amides is 1. The van der Waals surface area contributed by atoms with Crippen molar-refractivity contribution in [2.45, 2.75) is 52.2 Å². The predicted molar refractivity (Wildman–Crippen MR) is 76.0 cm³/mol. The number of hydrogen-bond acceptors (Lipinski definition) is 3. The van der Waals surface area contributed by atoms with Gasteiger partial charge in [-0.05, 0) is 33.1 Å². The van der Waals surface area contributed by atoms with Crippen LogP contribution in [0.1, 0.15) is 40.0 Å². The smallest absolute Gasteiger partial charge is 0.219 e. The fourth-order valence-corrected chi connectivity index (χ4v) is 2.87. The molecule has 0 unspecified atom stereocenters. The molecular formula is C15H28N2O2. The second kappa shape index (κ2) is 5.80. The van der Waals surface area contributed by atoms with Gasteiger partial charge < -0.3 is 14.5 Å². The second-order valence-electron chi connectivity index (χ2n) is 6.67. The maximum absolute atomic E-state index is 11.4. The summed E-state index contributed by atoms with van der Waals surface area (Å²) >= 11 is 0. The Bertz CT molecular complexity index is 326. The molecule has 1 aliphatic heterocycles. The van der Waals surface area contributed by atoms with Gasteiger partial charge in [-0.25, -0.2) is 0 Å². The van der Waals surface area contributed by atoms with Crippen LogP contribution in [0.3, 0.4) is 0 Å². The van der Waals surface area contributed by atoms with E-state index in [0.29, 0.717) is 17.6 Å². The lowest BCUT2D eigenvalue weighted by Gasteiger charge is -2.26. The Kier molecular flexibility index (Phi) is 4.51. The topological polar surface area (TPSA) is 32.8 Å². The van der Waals surface area contributed by atoms with Crippen molar-refractivity contribution in [1.82, 2.24) is 9.80 Å². The Morgan fingerprint density at radius 2 is 2.16 bits per heavy atom. The summed E-state index contributed by atoms with van der Waals surface area (Å²) in [6, 6.07) is 0.402. The molecule has 0 aromatic rings. The van der Waals surface area contributed by atoms with Gasteiger partial charge >= 0.3 is 0 Å². The largest absolute Gasteiger partial charge is 0.378 e. The third kappa shape index (κ3) is 3.93. The van der Waals surface area contributed by atoms with Crippen LogP contribution in [0.5, 0.6) is 0 Å². The van der Waals surface area contributed by atoms with Crippen molar-refractivity contribution in [3.05, 3.63) is 0 Å². The van der Waals surface area contributed by atoms with E-state index in [4.69, 9.17) is 4.74 Å². The molecule has 1 saturated carbocycles. The van der Waals surface area contributed by atoms with E-state index in [9.17, 15) is 4.79 Å². The molecule has 0 aromatic heterocycles. The van der Waals surface area contributed by atoms with Gasteiger partial charge in [0.25, 0.3) is 0 Å². The van der Waals surface area contributed by atoms with Crippen molar-refractivity contribution < 1.29 is 9.53 Å². The number of hydrogen-bond donors (Lipinski definition) is 0. The molecule has 1 amide bonds. The molecule has 0 aromatic carbocycles. The van der Waals surface area contributed by atoms with Gasteiger partial charge in [0.1, 0.15) is 0 Å². The van der Waals surface area contributed by atoms with Crippen molar-refractivity contribution in [3.8, 4) is 0 Å². The highest BCUT2D eigenvalue weighted by Gasteiger charge is 2.45. The Balaban J connectivity index is 1.77. The zero-order valence-corrected chi connectivity index (χ0v) is 12.8. The highest BCUT2D eigenvalue weighted by atomic mass is 16.5. The summed E-state index contributed by atoms with van der Waals surface area (Å²) in [7, 11) is 1.92. The van der Waals surface area contributed by atoms with Crippen LogP contribution in [-0.2, 0) is 9.53 Å².